The number of aromatic carboxylic acids is 1. The number of hydrogen-bond donors (Lipinski definition) is 2. The summed E-state index contributed by atoms with van der Waals surface area (Å²) in [5.41, 5.74) is 2.20. The van der Waals surface area contributed by atoms with Gasteiger partial charge in [-0.1, -0.05) is 39.7 Å². The predicted molar refractivity (Wildman–Crippen MR) is 116 cm³/mol. The normalized spacial score (nSPS) is 12.2. The first kappa shape index (κ1) is 19.8. The molecule has 0 unspecified atom stereocenters. The first-order valence-electron chi connectivity index (χ1n) is 8.49. The molecule has 4 aromatic rings. The van der Waals surface area contributed by atoms with Gasteiger partial charge in [0.15, 0.2) is 4.88 Å². The van der Waals surface area contributed by atoms with Gasteiger partial charge in [-0.15, -0.1) is 11.3 Å². The molecule has 0 aliphatic heterocycles. The molecule has 0 bridgehead atoms. The van der Waals surface area contributed by atoms with Crippen LogP contribution in [0.25, 0.3) is 16.0 Å². The number of aromatic hydroxyl groups is 1. The number of hydrogen-bond acceptors (Lipinski definition) is 5. The number of carbonyl (C=O) groups is 1. The summed E-state index contributed by atoms with van der Waals surface area (Å²) in [7, 11) is 0. The van der Waals surface area contributed by atoms with Gasteiger partial charge in [0.2, 0.25) is 0 Å². The Morgan fingerprint density at radius 1 is 1.31 bits per heavy atom. The van der Waals surface area contributed by atoms with E-state index in [1.807, 2.05) is 22.8 Å². The average molecular weight is 494 g/mol. The molecule has 0 aliphatic carbocycles. The van der Waals surface area contributed by atoms with Crippen molar-refractivity contribution in [3.63, 3.8) is 0 Å². The van der Waals surface area contributed by atoms with Gasteiger partial charge in [0.1, 0.15) is 28.9 Å². The highest BCUT2D eigenvalue weighted by Gasteiger charge is 2.22. The molecule has 0 spiro atoms. The lowest BCUT2D eigenvalue weighted by Crippen LogP contribution is -2.06. The fourth-order valence-corrected chi connectivity index (χ4v) is 4.53. The molecule has 0 saturated carbocycles. The third-order valence-electron chi connectivity index (χ3n) is 4.38. The van der Waals surface area contributed by atoms with Crippen molar-refractivity contribution in [1.29, 1.82) is 0 Å². The molecule has 9 heteroatoms. The Morgan fingerprint density at radius 3 is 2.86 bits per heavy atom. The highest BCUT2D eigenvalue weighted by atomic mass is 79.9. The summed E-state index contributed by atoms with van der Waals surface area (Å²) in [6, 6.07) is 12.2. The number of fused-ring (bicyclic) bond motifs is 1. The Hall–Kier alpha value is -2.55. The van der Waals surface area contributed by atoms with Gasteiger partial charge in [-0.05, 0) is 31.2 Å². The summed E-state index contributed by atoms with van der Waals surface area (Å²) >= 11 is 10.7. The number of phenolic OH excluding ortho intramolecular Hbond substituents is 1. The SMILES string of the molecule is C[C@@H](Oc1cc(-n2cnc3cc(Br)ccc32)sc1C(=O)O)c1cccc(O)c1Cl. The summed E-state index contributed by atoms with van der Waals surface area (Å²) in [4.78, 5) is 16.2. The van der Waals surface area contributed by atoms with Gasteiger partial charge in [-0.3, -0.25) is 4.57 Å². The van der Waals surface area contributed by atoms with Crippen LogP contribution in [0.1, 0.15) is 28.3 Å². The number of imidazole rings is 1. The van der Waals surface area contributed by atoms with E-state index in [1.165, 1.54) is 6.07 Å². The van der Waals surface area contributed by atoms with Crippen LogP contribution >= 0.6 is 38.9 Å². The zero-order valence-electron chi connectivity index (χ0n) is 15.0. The van der Waals surface area contributed by atoms with E-state index in [0.29, 0.717) is 10.6 Å². The minimum atomic E-state index is -1.09. The Kier molecular flexibility index (Phi) is 5.24. The van der Waals surface area contributed by atoms with Crippen LogP contribution in [0.15, 0.2) is 53.3 Å². The third-order valence-corrected chi connectivity index (χ3v) is 6.38. The van der Waals surface area contributed by atoms with E-state index in [-0.39, 0.29) is 21.4 Å². The fourth-order valence-electron chi connectivity index (χ4n) is 2.98. The van der Waals surface area contributed by atoms with Gasteiger partial charge >= 0.3 is 5.97 Å². The van der Waals surface area contributed by atoms with Crippen molar-refractivity contribution in [2.45, 2.75) is 13.0 Å². The maximum atomic E-state index is 11.8. The average Bonchev–Trinajstić information content (AvgIpc) is 3.27. The summed E-state index contributed by atoms with van der Waals surface area (Å²) in [5.74, 6) is -0.916. The molecule has 0 aliphatic rings. The molecule has 29 heavy (non-hydrogen) atoms. The summed E-state index contributed by atoms with van der Waals surface area (Å²) < 4.78 is 8.66. The molecule has 4 rings (SSSR count). The molecule has 0 fully saturated rings. The van der Waals surface area contributed by atoms with Crippen LogP contribution in [-0.4, -0.2) is 25.7 Å². The first-order valence-corrected chi connectivity index (χ1v) is 10.5. The maximum Gasteiger partial charge on any atom is 0.349 e. The van der Waals surface area contributed by atoms with E-state index < -0.39 is 12.1 Å². The molecule has 2 N–H and O–H groups in total. The molecular weight excluding hydrogens is 480 g/mol. The zero-order chi connectivity index (χ0) is 20.7. The quantitative estimate of drug-likeness (QED) is 0.354. The Labute approximate surface area is 183 Å². The Morgan fingerprint density at radius 2 is 2.10 bits per heavy atom. The lowest BCUT2D eigenvalue weighted by molar-refractivity contribution is 0.0695. The number of nitrogens with zero attached hydrogens (tertiary/aromatic N) is 2. The molecule has 0 radical (unpaired) electrons. The predicted octanol–water partition coefficient (Wildman–Crippen LogP) is 6.05. The lowest BCUT2D eigenvalue weighted by Gasteiger charge is -2.16. The van der Waals surface area contributed by atoms with Crippen molar-refractivity contribution in [2.24, 2.45) is 0 Å². The summed E-state index contributed by atoms with van der Waals surface area (Å²) in [6.45, 7) is 1.74. The van der Waals surface area contributed by atoms with Crippen LogP contribution in [0, 0.1) is 0 Å². The van der Waals surface area contributed by atoms with Crippen LogP contribution in [-0.2, 0) is 0 Å². The smallest absolute Gasteiger partial charge is 0.349 e. The number of aromatic nitrogens is 2. The molecule has 1 atom stereocenters. The monoisotopic (exact) mass is 492 g/mol. The maximum absolute atomic E-state index is 11.8. The van der Waals surface area contributed by atoms with Gasteiger partial charge in [0.05, 0.1) is 16.1 Å². The Balaban J connectivity index is 1.73. The second-order valence-corrected chi connectivity index (χ2v) is 8.60. The van der Waals surface area contributed by atoms with E-state index in [1.54, 1.807) is 31.5 Å². The molecule has 148 valence electrons. The zero-order valence-corrected chi connectivity index (χ0v) is 18.1. The minimum absolute atomic E-state index is 0.0554. The molecule has 2 heterocycles. The number of rotatable bonds is 5. The van der Waals surface area contributed by atoms with Gasteiger partial charge in [-0.25, -0.2) is 9.78 Å². The van der Waals surface area contributed by atoms with E-state index in [0.717, 1.165) is 26.8 Å². The van der Waals surface area contributed by atoms with Crippen LogP contribution in [0.3, 0.4) is 0 Å². The molecular formula is C20H14BrClN2O4S. The van der Waals surface area contributed by atoms with Crippen LogP contribution < -0.4 is 4.74 Å². The largest absolute Gasteiger partial charge is 0.506 e. The summed E-state index contributed by atoms with van der Waals surface area (Å²) in [5, 5.41) is 20.3. The standard InChI is InChI=1S/C20H14BrClN2O4S/c1-10(12-3-2-4-15(25)18(12)22)28-16-8-17(29-19(16)20(26)27)24-9-23-13-7-11(21)5-6-14(13)24/h2-10,25H,1H3,(H,26,27)/t10-/m1/s1. The number of carboxylic acid groups (broad SMARTS) is 1. The number of ether oxygens (including phenoxy) is 1. The second-order valence-electron chi connectivity index (χ2n) is 6.27. The highest BCUT2D eigenvalue weighted by Crippen LogP contribution is 2.38. The second kappa shape index (κ2) is 7.70. The topological polar surface area (TPSA) is 84.6 Å². The van der Waals surface area contributed by atoms with Crippen LogP contribution in [0.5, 0.6) is 11.5 Å². The first-order chi connectivity index (χ1) is 13.8. The molecule has 0 amide bonds. The van der Waals surface area contributed by atoms with Crippen LogP contribution in [0.4, 0.5) is 0 Å². The van der Waals surface area contributed by atoms with E-state index in [9.17, 15) is 15.0 Å². The van der Waals surface area contributed by atoms with Gasteiger partial charge in [0.25, 0.3) is 0 Å². The highest BCUT2D eigenvalue weighted by molar-refractivity contribution is 9.10. The van der Waals surface area contributed by atoms with Crippen molar-refractivity contribution < 1.29 is 19.7 Å². The summed E-state index contributed by atoms with van der Waals surface area (Å²) in [6.07, 6.45) is 1.08. The minimum Gasteiger partial charge on any atom is -0.506 e. The van der Waals surface area contributed by atoms with E-state index >= 15 is 0 Å². The number of halogens is 2. The number of benzene rings is 2. The number of thiophene rings is 1. The Bertz CT molecular complexity index is 1240. The molecule has 2 aromatic carbocycles. The lowest BCUT2D eigenvalue weighted by atomic mass is 10.1. The number of carboxylic acids is 1. The molecule has 6 nitrogen and oxygen atoms in total. The van der Waals surface area contributed by atoms with Crippen molar-refractivity contribution in [3.8, 4) is 16.5 Å². The van der Waals surface area contributed by atoms with Crippen LogP contribution in [0.2, 0.25) is 5.02 Å². The van der Waals surface area contributed by atoms with Crippen molar-refractivity contribution in [1.82, 2.24) is 9.55 Å². The number of phenols is 1. The van der Waals surface area contributed by atoms with Crippen molar-refractivity contribution >= 4 is 55.9 Å². The van der Waals surface area contributed by atoms with E-state index in [4.69, 9.17) is 16.3 Å². The third kappa shape index (κ3) is 3.71. The van der Waals surface area contributed by atoms with Gasteiger partial charge < -0.3 is 14.9 Å². The van der Waals surface area contributed by atoms with Crippen molar-refractivity contribution in [3.05, 3.63) is 68.7 Å². The van der Waals surface area contributed by atoms with Gasteiger partial charge in [-0.2, -0.15) is 0 Å². The van der Waals surface area contributed by atoms with Crippen molar-refractivity contribution in [2.75, 3.05) is 0 Å². The molecule has 0 saturated heterocycles. The fraction of sp³-hybridized carbons (Fsp3) is 0.100. The van der Waals surface area contributed by atoms with E-state index in [2.05, 4.69) is 20.9 Å². The molecule has 2 aromatic heterocycles. The van der Waals surface area contributed by atoms with Gasteiger partial charge in [0, 0.05) is 16.1 Å².